The van der Waals surface area contributed by atoms with Crippen molar-refractivity contribution in [2.75, 3.05) is 0 Å². The fourth-order valence-corrected chi connectivity index (χ4v) is 4.31. The van der Waals surface area contributed by atoms with Gasteiger partial charge in [-0.25, -0.2) is 14.4 Å². The molecule has 0 aliphatic heterocycles. The van der Waals surface area contributed by atoms with Crippen LogP contribution < -0.4 is 4.74 Å². The van der Waals surface area contributed by atoms with E-state index in [0.29, 0.717) is 45.1 Å². The number of carbonyl (C=O) groups is 1. The Morgan fingerprint density at radius 1 is 1.18 bits per heavy atom. The van der Waals surface area contributed by atoms with Crippen molar-refractivity contribution in [1.29, 1.82) is 0 Å². The lowest BCUT2D eigenvalue weighted by atomic mass is 10.1. The largest absolute Gasteiger partial charge is 0.488 e. The molecule has 178 valence electrons. The maximum absolute atomic E-state index is 14.0. The Bertz CT molecular complexity index is 1380. The smallest absolute Gasteiger partial charge is 0.419 e. The van der Waals surface area contributed by atoms with Crippen molar-refractivity contribution in [2.45, 2.75) is 39.5 Å². The van der Waals surface area contributed by atoms with E-state index in [2.05, 4.69) is 9.97 Å². The molecule has 0 aliphatic rings. The zero-order valence-electron chi connectivity index (χ0n) is 18.0. The molecule has 11 heteroatoms. The first-order chi connectivity index (χ1) is 16.0. The molecule has 2 aromatic heterocycles. The molecule has 0 radical (unpaired) electrons. The molecule has 0 saturated heterocycles. The van der Waals surface area contributed by atoms with E-state index in [0.717, 1.165) is 10.9 Å². The molecule has 4 aromatic rings. The van der Waals surface area contributed by atoms with Crippen molar-refractivity contribution in [1.82, 2.24) is 9.97 Å². The number of carboxylic acids is 1. The lowest BCUT2D eigenvalue weighted by Crippen LogP contribution is -2.07. The molecule has 0 fully saturated rings. The van der Waals surface area contributed by atoms with E-state index in [1.54, 1.807) is 26.0 Å². The normalized spacial score (nSPS) is 11.8. The topological polar surface area (TPSA) is 85.5 Å². The van der Waals surface area contributed by atoms with E-state index in [1.165, 1.54) is 17.4 Å². The number of hydrogen-bond acceptors (Lipinski definition) is 6. The van der Waals surface area contributed by atoms with E-state index < -0.39 is 23.5 Å². The number of alkyl halides is 3. The minimum atomic E-state index is -4.76. The Kier molecular flexibility index (Phi) is 6.30. The second-order valence-electron chi connectivity index (χ2n) is 7.55. The minimum absolute atomic E-state index is 0.0922. The molecule has 2 aromatic carbocycles. The standard InChI is InChI=1S/C23H18F4N2O4S/c1-11-17(6-5-16-21(11)33-19(29-16)7-8-20(30)31)32-10-18-12(2)28-22(34-18)13-3-4-14(15(24)9-13)23(25,26)27/h3-6,9H,7-8,10H2,1-2H3,(H,30,31). The predicted octanol–water partition coefficient (Wildman–Crippen LogP) is 6.32. The van der Waals surface area contributed by atoms with E-state index in [-0.39, 0.29) is 25.0 Å². The highest BCUT2D eigenvalue weighted by Crippen LogP contribution is 2.36. The van der Waals surface area contributed by atoms with Crippen molar-refractivity contribution >= 4 is 28.4 Å². The fraction of sp³-hybridized carbons (Fsp3) is 0.261. The minimum Gasteiger partial charge on any atom is -0.488 e. The number of ether oxygens (including phenoxy) is 1. The molecule has 0 bridgehead atoms. The van der Waals surface area contributed by atoms with Crippen LogP contribution in [-0.4, -0.2) is 21.0 Å². The van der Waals surface area contributed by atoms with Crippen LogP contribution in [0.25, 0.3) is 21.7 Å². The number of fused-ring (bicyclic) bond motifs is 1. The Hall–Kier alpha value is -3.47. The molecule has 0 saturated carbocycles. The summed E-state index contributed by atoms with van der Waals surface area (Å²) in [5, 5.41) is 9.21. The van der Waals surface area contributed by atoms with E-state index in [1.807, 2.05) is 0 Å². The third kappa shape index (κ3) is 4.89. The lowest BCUT2D eigenvalue weighted by molar-refractivity contribution is -0.140. The molecule has 0 aliphatic carbocycles. The molecule has 34 heavy (non-hydrogen) atoms. The van der Waals surface area contributed by atoms with Crippen LogP contribution in [0.5, 0.6) is 5.75 Å². The quantitative estimate of drug-likeness (QED) is 0.303. The second kappa shape index (κ2) is 9.05. The van der Waals surface area contributed by atoms with Gasteiger partial charge in [0.15, 0.2) is 11.5 Å². The van der Waals surface area contributed by atoms with Gasteiger partial charge in [0.25, 0.3) is 0 Å². The van der Waals surface area contributed by atoms with Crippen LogP contribution in [0, 0.1) is 19.7 Å². The van der Waals surface area contributed by atoms with Gasteiger partial charge in [0.1, 0.15) is 28.7 Å². The number of hydrogen-bond donors (Lipinski definition) is 1. The molecule has 1 N–H and O–H groups in total. The maximum atomic E-state index is 14.0. The molecule has 6 nitrogen and oxygen atoms in total. The molecule has 0 unspecified atom stereocenters. The molecule has 0 amide bonds. The average molecular weight is 494 g/mol. The first kappa shape index (κ1) is 23.7. The molecule has 2 heterocycles. The van der Waals surface area contributed by atoms with Crippen LogP contribution in [0.1, 0.15) is 34.0 Å². The third-order valence-electron chi connectivity index (χ3n) is 5.13. The number of thiazole rings is 1. The SMILES string of the molecule is Cc1nc(-c2ccc(C(F)(F)F)c(F)c2)sc1COc1ccc2nc(CCC(=O)O)oc2c1C. The average Bonchev–Trinajstić information content (AvgIpc) is 3.34. The number of nitrogens with zero attached hydrogens (tertiary/aromatic N) is 2. The summed E-state index contributed by atoms with van der Waals surface area (Å²) in [4.78, 5) is 20.1. The molecular weight excluding hydrogens is 476 g/mol. The number of benzene rings is 2. The number of halogens is 4. The number of aryl methyl sites for hydroxylation is 3. The Morgan fingerprint density at radius 3 is 2.62 bits per heavy atom. The van der Waals surface area contributed by atoms with Crippen LogP contribution in [0.15, 0.2) is 34.7 Å². The van der Waals surface area contributed by atoms with Crippen molar-refractivity contribution in [3.8, 4) is 16.3 Å². The fourth-order valence-electron chi connectivity index (χ4n) is 3.34. The zero-order valence-corrected chi connectivity index (χ0v) is 18.8. The zero-order chi connectivity index (χ0) is 24.6. The summed E-state index contributed by atoms with van der Waals surface area (Å²) in [6.07, 6.45) is -4.68. The van der Waals surface area contributed by atoms with Gasteiger partial charge in [0, 0.05) is 17.5 Å². The third-order valence-corrected chi connectivity index (χ3v) is 6.31. The summed E-state index contributed by atoms with van der Waals surface area (Å²) in [5.74, 6) is -1.44. The number of rotatable bonds is 7. The van der Waals surface area contributed by atoms with Crippen molar-refractivity contribution < 1.29 is 36.6 Å². The van der Waals surface area contributed by atoms with Crippen molar-refractivity contribution in [3.63, 3.8) is 0 Å². The lowest BCUT2D eigenvalue weighted by Gasteiger charge is -2.08. The molecule has 0 atom stereocenters. The van der Waals surface area contributed by atoms with Gasteiger partial charge >= 0.3 is 12.1 Å². The summed E-state index contributed by atoms with van der Waals surface area (Å²) in [6, 6.07) is 6.16. The summed E-state index contributed by atoms with van der Waals surface area (Å²) >= 11 is 1.20. The second-order valence-corrected chi connectivity index (χ2v) is 8.63. The van der Waals surface area contributed by atoms with Gasteiger partial charge in [-0.1, -0.05) is 6.07 Å². The van der Waals surface area contributed by atoms with Gasteiger partial charge in [-0.05, 0) is 38.1 Å². The number of aliphatic carboxylic acids is 1. The van der Waals surface area contributed by atoms with E-state index in [9.17, 15) is 22.4 Å². The van der Waals surface area contributed by atoms with Crippen molar-refractivity contribution in [3.05, 3.63) is 63.7 Å². The van der Waals surface area contributed by atoms with Crippen LogP contribution in [0.2, 0.25) is 0 Å². The van der Waals surface area contributed by atoms with Crippen LogP contribution >= 0.6 is 11.3 Å². The number of carboxylic acid groups (broad SMARTS) is 1. The highest BCUT2D eigenvalue weighted by atomic mass is 32.1. The first-order valence-electron chi connectivity index (χ1n) is 10.1. The predicted molar refractivity (Wildman–Crippen MR) is 116 cm³/mol. The molecule has 4 rings (SSSR count). The Balaban J connectivity index is 1.52. The summed E-state index contributed by atoms with van der Waals surface area (Å²) in [7, 11) is 0. The highest BCUT2D eigenvalue weighted by molar-refractivity contribution is 7.15. The summed E-state index contributed by atoms with van der Waals surface area (Å²) < 4.78 is 64.0. The number of oxazole rings is 1. The van der Waals surface area contributed by atoms with Gasteiger partial charge in [-0.2, -0.15) is 13.2 Å². The van der Waals surface area contributed by atoms with Gasteiger partial charge in [-0.3, -0.25) is 4.79 Å². The maximum Gasteiger partial charge on any atom is 0.419 e. The van der Waals surface area contributed by atoms with Crippen LogP contribution in [-0.2, 0) is 24.0 Å². The number of aromatic nitrogens is 2. The molecular formula is C23H18F4N2O4S. The summed E-state index contributed by atoms with van der Waals surface area (Å²) in [6.45, 7) is 3.67. The summed E-state index contributed by atoms with van der Waals surface area (Å²) in [5.41, 5.74) is 1.33. The van der Waals surface area contributed by atoms with Crippen molar-refractivity contribution in [2.24, 2.45) is 0 Å². The first-order valence-corrected chi connectivity index (χ1v) is 10.9. The molecule has 0 spiro atoms. The monoisotopic (exact) mass is 494 g/mol. The van der Waals surface area contributed by atoms with Crippen LogP contribution in [0.3, 0.4) is 0 Å². The van der Waals surface area contributed by atoms with E-state index in [4.69, 9.17) is 14.3 Å². The van der Waals surface area contributed by atoms with Gasteiger partial charge in [0.2, 0.25) is 0 Å². The Morgan fingerprint density at radius 2 is 1.94 bits per heavy atom. The van der Waals surface area contributed by atoms with E-state index >= 15 is 0 Å². The van der Waals surface area contributed by atoms with Gasteiger partial charge in [-0.15, -0.1) is 11.3 Å². The van der Waals surface area contributed by atoms with Crippen LogP contribution in [0.4, 0.5) is 17.6 Å². The highest BCUT2D eigenvalue weighted by Gasteiger charge is 2.34. The van der Waals surface area contributed by atoms with Gasteiger partial charge in [0.05, 0.1) is 22.6 Å². The Labute approximate surface area is 194 Å². The van der Waals surface area contributed by atoms with Gasteiger partial charge < -0.3 is 14.3 Å².